The second-order valence-electron chi connectivity index (χ2n) is 3.47. The van der Waals surface area contributed by atoms with Gasteiger partial charge < -0.3 is 14.0 Å². The Labute approximate surface area is 106 Å². The first-order chi connectivity index (χ1) is 8.46. The molecule has 0 N–H and O–H groups in total. The predicted octanol–water partition coefficient (Wildman–Crippen LogP) is 0.991. The van der Waals surface area contributed by atoms with E-state index in [1.54, 1.807) is 18.2 Å². The molecule has 18 heavy (non-hydrogen) atoms. The molecule has 6 heteroatoms. The van der Waals surface area contributed by atoms with Crippen molar-refractivity contribution in [1.29, 1.82) is 0 Å². The largest absolute Gasteiger partial charge is 0.748 e. The van der Waals surface area contributed by atoms with Gasteiger partial charge in [-0.05, 0) is 24.6 Å². The lowest BCUT2D eigenvalue weighted by Crippen LogP contribution is -2.09. The Kier molecular flexibility index (Phi) is 5.01. The van der Waals surface area contributed by atoms with Gasteiger partial charge in [-0.1, -0.05) is 5.92 Å². The minimum absolute atomic E-state index is 0.114. The summed E-state index contributed by atoms with van der Waals surface area (Å²) in [5.74, 6) is 3.06. The lowest BCUT2D eigenvalue weighted by atomic mass is 10.2. The van der Waals surface area contributed by atoms with Gasteiger partial charge in [-0.2, -0.15) is 0 Å². The fourth-order valence-electron chi connectivity index (χ4n) is 1.29. The molecule has 0 aliphatic rings. The number of hydrogen-bond donors (Lipinski definition) is 0. The van der Waals surface area contributed by atoms with Gasteiger partial charge in [0.05, 0.1) is 29.4 Å². The number of rotatable bonds is 6. The molecule has 0 heterocycles. The molecule has 0 atom stereocenters. The fraction of sp³-hybridized carbons (Fsp3) is 0.333. The number of terminal acetylenes is 1. The van der Waals surface area contributed by atoms with Crippen LogP contribution in [0.2, 0.25) is 0 Å². The molecular weight excluding hydrogens is 256 g/mol. The van der Waals surface area contributed by atoms with Gasteiger partial charge >= 0.3 is 0 Å². The average Bonchev–Trinajstić information content (AvgIpc) is 2.33. The van der Waals surface area contributed by atoms with Crippen molar-refractivity contribution in [2.45, 2.75) is 6.42 Å². The highest BCUT2D eigenvalue weighted by Gasteiger charge is 2.04. The van der Waals surface area contributed by atoms with Gasteiger partial charge in [0.25, 0.3) is 0 Å². The summed E-state index contributed by atoms with van der Waals surface area (Å²) < 4.78 is 41.5. The Bertz CT molecular complexity index is 542. The zero-order chi connectivity index (χ0) is 13.6. The first-order valence-corrected chi connectivity index (χ1v) is 6.75. The molecule has 0 amide bonds. The standard InChI is InChI=1S/C12H14O5S/c1-3-10-9-11(16-2)5-6-12(10)17-7-4-8-18(13,14)15/h1,5-6,9H,4,7-8H2,2H3,(H,13,14,15)/p-1. The first kappa shape index (κ1) is 14.4. The molecule has 0 aliphatic carbocycles. The van der Waals surface area contributed by atoms with Crippen LogP contribution in [0.3, 0.4) is 0 Å². The van der Waals surface area contributed by atoms with Crippen molar-refractivity contribution < 1.29 is 22.4 Å². The van der Waals surface area contributed by atoms with E-state index in [1.165, 1.54) is 7.11 Å². The van der Waals surface area contributed by atoms with Gasteiger partial charge in [-0.25, -0.2) is 8.42 Å². The smallest absolute Gasteiger partial charge is 0.135 e. The van der Waals surface area contributed by atoms with Gasteiger partial charge in [-0.15, -0.1) is 6.42 Å². The number of benzene rings is 1. The molecular formula is C12H13O5S-. The summed E-state index contributed by atoms with van der Waals surface area (Å²) in [5, 5.41) is 0. The van der Waals surface area contributed by atoms with E-state index in [-0.39, 0.29) is 13.0 Å². The zero-order valence-electron chi connectivity index (χ0n) is 9.88. The Morgan fingerprint density at radius 1 is 1.44 bits per heavy atom. The second-order valence-corrected chi connectivity index (χ2v) is 4.99. The summed E-state index contributed by atoms with van der Waals surface area (Å²) in [4.78, 5) is 0. The molecule has 98 valence electrons. The minimum Gasteiger partial charge on any atom is -0.748 e. The highest BCUT2D eigenvalue weighted by molar-refractivity contribution is 7.85. The number of methoxy groups -OCH3 is 1. The van der Waals surface area contributed by atoms with Gasteiger partial charge in [0, 0.05) is 5.75 Å². The Morgan fingerprint density at radius 3 is 2.72 bits per heavy atom. The van der Waals surface area contributed by atoms with E-state index < -0.39 is 15.9 Å². The number of hydrogen-bond acceptors (Lipinski definition) is 5. The van der Waals surface area contributed by atoms with Gasteiger partial charge in [-0.3, -0.25) is 0 Å². The summed E-state index contributed by atoms with van der Waals surface area (Å²) >= 11 is 0. The van der Waals surface area contributed by atoms with E-state index >= 15 is 0 Å². The third-order valence-corrected chi connectivity index (χ3v) is 2.93. The summed E-state index contributed by atoms with van der Waals surface area (Å²) in [6.45, 7) is 0.114. The molecule has 0 unspecified atom stereocenters. The van der Waals surface area contributed by atoms with Crippen LogP contribution in [0.25, 0.3) is 0 Å². The molecule has 0 bridgehead atoms. The molecule has 1 aromatic carbocycles. The first-order valence-electron chi connectivity index (χ1n) is 5.17. The summed E-state index contributed by atoms with van der Waals surface area (Å²) in [7, 11) is -2.67. The van der Waals surface area contributed by atoms with Crippen molar-refractivity contribution in [2.75, 3.05) is 19.5 Å². The average molecular weight is 269 g/mol. The molecule has 0 spiro atoms. The van der Waals surface area contributed by atoms with Crippen LogP contribution in [0.5, 0.6) is 11.5 Å². The highest BCUT2D eigenvalue weighted by Crippen LogP contribution is 2.23. The molecule has 0 saturated carbocycles. The maximum Gasteiger partial charge on any atom is 0.135 e. The van der Waals surface area contributed by atoms with Crippen LogP contribution in [-0.4, -0.2) is 32.4 Å². The lowest BCUT2D eigenvalue weighted by Gasteiger charge is -2.10. The molecule has 0 saturated heterocycles. The number of ether oxygens (including phenoxy) is 2. The Morgan fingerprint density at radius 2 is 2.17 bits per heavy atom. The molecule has 0 radical (unpaired) electrons. The van der Waals surface area contributed by atoms with E-state index in [9.17, 15) is 13.0 Å². The molecule has 0 aliphatic heterocycles. The van der Waals surface area contributed by atoms with E-state index in [0.29, 0.717) is 17.1 Å². The molecule has 1 rings (SSSR count). The summed E-state index contributed by atoms with van der Waals surface area (Å²) in [5.41, 5.74) is 0.513. The topological polar surface area (TPSA) is 75.7 Å². The van der Waals surface area contributed by atoms with Crippen molar-refractivity contribution in [1.82, 2.24) is 0 Å². The Hall–Kier alpha value is -1.71. The van der Waals surface area contributed by atoms with Crippen LogP contribution in [-0.2, 0) is 10.1 Å². The van der Waals surface area contributed by atoms with Crippen LogP contribution < -0.4 is 9.47 Å². The predicted molar refractivity (Wildman–Crippen MR) is 65.6 cm³/mol. The molecule has 5 nitrogen and oxygen atoms in total. The van der Waals surface area contributed by atoms with Crippen molar-refractivity contribution >= 4 is 10.1 Å². The van der Waals surface area contributed by atoms with Gasteiger partial charge in [0.2, 0.25) is 0 Å². The van der Waals surface area contributed by atoms with Crippen LogP contribution in [0.4, 0.5) is 0 Å². The van der Waals surface area contributed by atoms with Crippen LogP contribution in [0, 0.1) is 12.3 Å². The normalized spacial score (nSPS) is 10.7. The highest BCUT2D eigenvalue weighted by atomic mass is 32.2. The van der Waals surface area contributed by atoms with Crippen molar-refractivity contribution in [2.24, 2.45) is 0 Å². The molecule has 0 fully saturated rings. The molecule has 1 aromatic rings. The van der Waals surface area contributed by atoms with Crippen molar-refractivity contribution in [3.63, 3.8) is 0 Å². The van der Waals surface area contributed by atoms with Crippen molar-refractivity contribution in [3.05, 3.63) is 23.8 Å². The fourth-order valence-corrected chi connectivity index (χ4v) is 1.76. The van der Waals surface area contributed by atoms with Crippen LogP contribution in [0.15, 0.2) is 18.2 Å². The zero-order valence-corrected chi connectivity index (χ0v) is 10.7. The third-order valence-electron chi connectivity index (χ3n) is 2.14. The summed E-state index contributed by atoms with van der Waals surface area (Å²) in [6.07, 6.45) is 5.44. The maximum absolute atomic E-state index is 10.4. The van der Waals surface area contributed by atoms with Crippen LogP contribution >= 0.6 is 0 Å². The quantitative estimate of drug-likeness (QED) is 0.437. The Balaban J connectivity index is 2.60. The SMILES string of the molecule is C#Cc1cc(OC)ccc1OCCCS(=O)(=O)[O-]. The minimum atomic E-state index is -4.20. The van der Waals surface area contributed by atoms with Crippen LogP contribution in [0.1, 0.15) is 12.0 Å². The maximum atomic E-state index is 10.4. The van der Waals surface area contributed by atoms with E-state index in [0.717, 1.165) is 0 Å². The van der Waals surface area contributed by atoms with Gasteiger partial charge in [0.15, 0.2) is 0 Å². The third kappa shape index (κ3) is 4.65. The van der Waals surface area contributed by atoms with E-state index in [2.05, 4.69) is 5.92 Å². The molecule has 0 aromatic heterocycles. The van der Waals surface area contributed by atoms with Crippen molar-refractivity contribution in [3.8, 4) is 23.8 Å². The van der Waals surface area contributed by atoms with Gasteiger partial charge in [0.1, 0.15) is 11.5 Å². The second kappa shape index (κ2) is 6.28. The van der Waals surface area contributed by atoms with E-state index in [4.69, 9.17) is 15.9 Å². The monoisotopic (exact) mass is 269 g/mol. The van der Waals surface area contributed by atoms with E-state index in [1.807, 2.05) is 0 Å². The summed E-state index contributed by atoms with van der Waals surface area (Å²) in [6, 6.07) is 4.96. The lowest BCUT2D eigenvalue weighted by molar-refractivity contribution is 0.314.